The minimum absolute atomic E-state index is 0.0291. The van der Waals surface area contributed by atoms with Crippen molar-refractivity contribution in [1.82, 2.24) is 9.80 Å². The van der Waals surface area contributed by atoms with E-state index in [0.29, 0.717) is 28.1 Å². The van der Waals surface area contributed by atoms with E-state index in [1.165, 1.54) is 18.2 Å². The first-order chi connectivity index (χ1) is 16.7. The summed E-state index contributed by atoms with van der Waals surface area (Å²) in [6, 6.07) is 9.15. The Labute approximate surface area is 200 Å². The highest BCUT2D eigenvalue weighted by molar-refractivity contribution is 5.82. The highest BCUT2D eigenvalue weighted by atomic mass is 19.4. The van der Waals surface area contributed by atoms with Gasteiger partial charge in [-0.1, -0.05) is 12.1 Å². The Balaban J connectivity index is 0.000000202. The molecule has 36 heavy (non-hydrogen) atoms. The molecule has 0 aliphatic carbocycles. The largest absolute Gasteiger partial charge is 0.471 e. The number of nitrogens with two attached hydrogens (primary N) is 1. The van der Waals surface area contributed by atoms with Crippen LogP contribution in [-0.2, 0) is 35.5 Å². The van der Waals surface area contributed by atoms with E-state index in [4.69, 9.17) is 5.73 Å². The van der Waals surface area contributed by atoms with Gasteiger partial charge < -0.3 is 15.5 Å². The number of hydrogen-bond acceptors (Lipinski definition) is 5. The molecule has 2 aromatic rings. The summed E-state index contributed by atoms with van der Waals surface area (Å²) in [4.78, 5) is 33.7. The molecule has 2 heterocycles. The number of hydrogen-bond donors (Lipinski definition) is 1. The number of carbonyl (C=O) groups is 2. The summed E-state index contributed by atoms with van der Waals surface area (Å²) in [6.07, 6.45) is -9.04. The number of alkyl halides is 6. The van der Waals surface area contributed by atoms with E-state index in [0.717, 1.165) is 16.0 Å². The van der Waals surface area contributed by atoms with Crippen LogP contribution in [0.4, 0.5) is 37.7 Å². The summed E-state index contributed by atoms with van der Waals surface area (Å²) in [6.45, 7) is -0.230. The molecule has 0 radical (unpaired) electrons. The van der Waals surface area contributed by atoms with Gasteiger partial charge in [-0.05, 0) is 47.2 Å². The average molecular weight is 518 g/mol. The number of nitro benzene ring substituents is 1. The van der Waals surface area contributed by atoms with Gasteiger partial charge in [-0.15, -0.1) is 0 Å². The van der Waals surface area contributed by atoms with Gasteiger partial charge in [0.25, 0.3) is 5.69 Å². The third-order valence-corrected chi connectivity index (χ3v) is 5.71. The number of nitrogens with zero attached hydrogens (tertiary/aromatic N) is 3. The number of halogens is 6. The van der Waals surface area contributed by atoms with Crippen LogP contribution in [0, 0.1) is 10.1 Å². The molecule has 2 aliphatic rings. The summed E-state index contributed by atoms with van der Waals surface area (Å²) >= 11 is 0. The highest BCUT2D eigenvalue weighted by Gasteiger charge is 2.44. The lowest BCUT2D eigenvalue weighted by Crippen LogP contribution is -2.43. The summed E-state index contributed by atoms with van der Waals surface area (Å²) in [7, 11) is 0. The Hall–Kier alpha value is -3.84. The van der Waals surface area contributed by atoms with E-state index in [1.54, 1.807) is 18.2 Å². The molecule has 4 rings (SSSR count). The number of rotatable bonds is 1. The van der Waals surface area contributed by atoms with E-state index >= 15 is 0 Å². The van der Waals surface area contributed by atoms with Crippen molar-refractivity contribution in [3.63, 3.8) is 0 Å². The molecule has 8 nitrogen and oxygen atoms in total. The molecule has 2 N–H and O–H groups in total. The van der Waals surface area contributed by atoms with Crippen LogP contribution < -0.4 is 5.73 Å². The Morgan fingerprint density at radius 2 is 1.22 bits per heavy atom. The SMILES string of the molecule is Nc1ccc2c(c1)CN(C(=O)C(F)(F)F)CC2.O=C(N1CCc2ccc([N+](=O)[O-])cc2C1)C(F)(F)F. The van der Waals surface area contributed by atoms with Gasteiger partial charge in [-0.3, -0.25) is 19.7 Å². The van der Waals surface area contributed by atoms with Crippen LogP contribution in [0.3, 0.4) is 0 Å². The predicted molar refractivity (Wildman–Crippen MR) is 114 cm³/mol. The zero-order valence-corrected chi connectivity index (χ0v) is 18.5. The Kier molecular flexibility index (Phi) is 7.46. The Morgan fingerprint density at radius 1 is 0.778 bits per heavy atom. The smallest absolute Gasteiger partial charge is 0.399 e. The van der Waals surface area contributed by atoms with Crippen LogP contribution in [0.1, 0.15) is 22.3 Å². The van der Waals surface area contributed by atoms with Gasteiger partial charge in [0, 0.05) is 44.0 Å². The molecule has 194 valence electrons. The number of non-ortho nitro benzene ring substituents is 1. The summed E-state index contributed by atoms with van der Waals surface area (Å²) in [5, 5.41) is 10.6. The number of fused-ring (bicyclic) bond motifs is 2. The number of nitrogen functional groups attached to an aromatic ring is 1. The fraction of sp³-hybridized carbons (Fsp3) is 0.364. The van der Waals surface area contributed by atoms with Crippen molar-refractivity contribution in [3.05, 3.63) is 68.8 Å². The molecule has 0 saturated heterocycles. The summed E-state index contributed by atoms with van der Waals surface area (Å²) in [5.41, 5.74) is 8.62. The molecule has 0 aromatic heterocycles. The van der Waals surface area contributed by atoms with Gasteiger partial charge in [0.15, 0.2) is 0 Å². The van der Waals surface area contributed by atoms with Crippen LogP contribution in [0.25, 0.3) is 0 Å². The van der Waals surface area contributed by atoms with Crippen molar-refractivity contribution in [2.45, 2.75) is 38.3 Å². The van der Waals surface area contributed by atoms with Crippen LogP contribution in [-0.4, -0.2) is 52.0 Å². The van der Waals surface area contributed by atoms with Crippen molar-refractivity contribution < 1.29 is 40.9 Å². The lowest BCUT2D eigenvalue weighted by molar-refractivity contribution is -0.385. The second kappa shape index (κ2) is 10.0. The van der Waals surface area contributed by atoms with Gasteiger partial charge in [0.2, 0.25) is 0 Å². The molecule has 14 heteroatoms. The van der Waals surface area contributed by atoms with Crippen molar-refractivity contribution in [1.29, 1.82) is 0 Å². The van der Waals surface area contributed by atoms with Crippen molar-refractivity contribution in [2.75, 3.05) is 18.8 Å². The highest BCUT2D eigenvalue weighted by Crippen LogP contribution is 2.28. The number of anilines is 1. The zero-order valence-electron chi connectivity index (χ0n) is 18.5. The van der Waals surface area contributed by atoms with Crippen molar-refractivity contribution >= 4 is 23.2 Å². The molecule has 0 spiro atoms. The molecule has 0 fully saturated rings. The number of nitro groups is 1. The second-order valence-corrected chi connectivity index (χ2v) is 8.19. The number of amides is 2. The quantitative estimate of drug-likeness (QED) is 0.268. The van der Waals surface area contributed by atoms with Gasteiger partial charge in [-0.25, -0.2) is 0 Å². The maximum atomic E-state index is 12.3. The molecule has 2 aromatic carbocycles. The van der Waals surface area contributed by atoms with E-state index in [9.17, 15) is 46.0 Å². The first kappa shape index (κ1) is 26.8. The minimum atomic E-state index is -4.92. The molecule has 0 bridgehead atoms. The monoisotopic (exact) mass is 518 g/mol. The molecule has 2 aliphatic heterocycles. The fourth-order valence-corrected chi connectivity index (χ4v) is 3.94. The third-order valence-electron chi connectivity index (χ3n) is 5.71. The van der Waals surface area contributed by atoms with Crippen molar-refractivity contribution in [3.8, 4) is 0 Å². The Morgan fingerprint density at radius 3 is 1.67 bits per heavy atom. The van der Waals surface area contributed by atoms with Crippen LogP contribution in [0.2, 0.25) is 0 Å². The Bertz CT molecular complexity index is 1180. The van der Waals surface area contributed by atoms with Crippen LogP contribution in [0.5, 0.6) is 0 Å². The topological polar surface area (TPSA) is 110 Å². The van der Waals surface area contributed by atoms with E-state index in [2.05, 4.69) is 0 Å². The van der Waals surface area contributed by atoms with Gasteiger partial charge in [0.05, 0.1) is 4.92 Å². The maximum Gasteiger partial charge on any atom is 0.471 e. The molecule has 2 amide bonds. The normalized spacial score (nSPS) is 15.3. The minimum Gasteiger partial charge on any atom is -0.399 e. The summed E-state index contributed by atoms with van der Waals surface area (Å²) in [5.74, 6) is -3.70. The van der Waals surface area contributed by atoms with Crippen LogP contribution >= 0.6 is 0 Å². The third kappa shape index (κ3) is 6.23. The number of carbonyl (C=O) groups excluding carboxylic acids is 2. The fourth-order valence-electron chi connectivity index (χ4n) is 3.94. The molecule has 0 unspecified atom stereocenters. The second-order valence-electron chi connectivity index (χ2n) is 8.19. The van der Waals surface area contributed by atoms with E-state index in [1.807, 2.05) is 0 Å². The van der Waals surface area contributed by atoms with Gasteiger partial charge >= 0.3 is 24.2 Å². The molecule has 0 atom stereocenters. The molecule has 0 saturated carbocycles. The van der Waals surface area contributed by atoms with E-state index in [-0.39, 0.29) is 38.3 Å². The number of benzene rings is 2. The van der Waals surface area contributed by atoms with Gasteiger partial charge in [0.1, 0.15) is 0 Å². The first-order valence-corrected chi connectivity index (χ1v) is 10.5. The van der Waals surface area contributed by atoms with E-state index < -0.39 is 29.1 Å². The van der Waals surface area contributed by atoms with Crippen LogP contribution in [0.15, 0.2) is 36.4 Å². The van der Waals surface area contributed by atoms with Crippen molar-refractivity contribution in [2.24, 2.45) is 0 Å². The zero-order chi connectivity index (χ0) is 26.8. The first-order valence-electron chi connectivity index (χ1n) is 10.5. The lowest BCUT2D eigenvalue weighted by atomic mass is 9.99. The molecular weight excluding hydrogens is 498 g/mol. The summed E-state index contributed by atoms with van der Waals surface area (Å²) < 4.78 is 73.8. The lowest BCUT2D eigenvalue weighted by Gasteiger charge is -2.29. The average Bonchev–Trinajstić information content (AvgIpc) is 2.81. The maximum absolute atomic E-state index is 12.3. The van der Waals surface area contributed by atoms with Gasteiger partial charge in [-0.2, -0.15) is 26.3 Å². The standard InChI is InChI=1S/C11H9F3N2O3.C11H11F3N2O/c12-11(13,14)10(17)15-4-3-7-1-2-9(16(18)19)5-8(7)6-15;12-11(13,14)10(17)16-4-3-7-1-2-9(15)5-8(7)6-16/h1-2,5H,3-4,6H2;1-2,5H,3-4,6,15H2. The molecular formula is C22H20F6N4O4. The predicted octanol–water partition coefficient (Wildman–Crippen LogP) is 3.76.